The number of fused-ring (bicyclic) bond motifs is 1. The fourth-order valence-electron chi connectivity index (χ4n) is 2.67. The first-order chi connectivity index (χ1) is 11.5. The molecule has 0 saturated carbocycles. The van der Waals surface area contributed by atoms with Crippen LogP contribution in [0.1, 0.15) is 31.9 Å². The van der Waals surface area contributed by atoms with E-state index in [1.165, 1.54) is 0 Å². The van der Waals surface area contributed by atoms with Gasteiger partial charge in [-0.25, -0.2) is 0 Å². The Morgan fingerprint density at radius 1 is 1.21 bits per heavy atom. The third-order valence-electron chi connectivity index (χ3n) is 4.00. The molecular formula is C19H20ClNO3. The predicted molar refractivity (Wildman–Crippen MR) is 93.6 cm³/mol. The Morgan fingerprint density at radius 3 is 2.67 bits per heavy atom. The summed E-state index contributed by atoms with van der Waals surface area (Å²) in [5, 5.41) is 3.71. The summed E-state index contributed by atoms with van der Waals surface area (Å²) in [6.45, 7) is 4.09. The quantitative estimate of drug-likeness (QED) is 0.906. The van der Waals surface area contributed by atoms with Gasteiger partial charge in [-0.2, -0.15) is 0 Å². The van der Waals surface area contributed by atoms with Gasteiger partial charge in [0.25, 0.3) is 5.91 Å². The molecule has 24 heavy (non-hydrogen) atoms. The van der Waals surface area contributed by atoms with Gasteiger partial charge in [-0.1, -0.05) is 29.8 Å². The Balaban J connectivity index is 1.71. The molecule has 0 spiro atoms. The van der Waals surface area contributed by atoms with Gasteiger partial charge in [0.2, 0.25) is 0 Å². The predicted octanol–water partition coefficient (Wildman–Crippen LogP) is 4.14. The van der Waals surface area contributed by atoms with Crippen molar-refractivity contribution in [1.29, 1.82) is 0 Å². The zero-order chi connectivity index (χ0) is 17.2. The molecule has 2 aromatic carbocycles. The zero-order valence-electron chi connectivity index (χ0n) is 13.7. The number of carbonyl (C=O) groups excluding carboxylic acids is 1. The summed E-state index contributed by atoms with van der Waals surface area (Å²) in [6, 6.07) is 14.7. The minimum absolute atomic E-state index is 0.0736. The van der Waals surface area contributed by atoms with Crippen LogP contribution in [0.15, 0.2) is 48.5 Å². The largest absolute Gasteiger partial charge is 0.493 e. The number of ether oxygens (including phenoxy) is 2. The fourth-order valence-corrected chi connectivity index (χ4v) is 2.79. The normalized spacial score (nSPS) is 16.7. The first-order valence-corrected chi connectivity index (χ1v) is 8.31. The number of carbonyl (C=O) groups is 1. The molecule has 5 heteroatoms. The highest BCUT2D eigenvalue weighted by Gasteiger charge is 2.33. The lowest BCUT2D eigenvalue weighted by molar-refractivity contribution is -0.135. The molecule has 0 saturated heterocycles. The fraction of sp³-hybridized carbons (Fsp3) is 0.316. The summed E-state index contributed by atoms with van der Waals surface area (Å²) in [5.41, 5.74) is 0.000507. The van der Waals surface area contributed by atoms with Crippen LogP contribution in [0.25, 0.3) is 0 Å². The smallest absolute Gasteiger partial charge is 0.264 e. The Morgan fingerprint density at radius 2 is 1.92 bits per heavy atom. The van der Waals surface area contributed by atoms with Crippen molar-refractivity contribution in [2.45, 2.75) is 31.9 Å². The van der Waals surface area contributed by atoms with E-state index in [4.69, 9.17) is 21.1 Å². The van der Waals surface area contributed by atoms with E-state index in [9.17, 15) is 4.79 Å². The van der Waals surface area contributed by atoms with Crippen molar-refractivity contribution in [3.8, 4) is 11.5 Å². The summed E-state index contributed by atoms with van der Waals surface area (Å²) in [6.07, 6.45) is 0.736. The lowest BCUT2D eigenvalue weighted by Gasteiger charge is -2.31. The molecule has 1 aliphatic heterocycles. The minimum atomic E-state index is -0.999. The summed E-state index contributed by atoms with van der Waals surface area (Å²) in [5.74, 6) is 1.26. The Hall–Kier alpha value is -2.20. The summed E-state index contributed by atoms with van der Waals surface area (Å²) >= 11 is 5.88. The molecule has 2 aromatic rings. The van der Waals surface area contributed by atoms with E-state index in [0.717, 1.165) is 17.7 Å². The molecular weight excluding hydrogens is 326 g/mol. The Labute approximate surface area is 146 Å². The number of para-hydroxylation sites is 1. The SMILES string of the molecule is CC(C)(Oc1ccc(Cl)cc1)C(=O)N[C@H]1CCOc2ccccc21. The second-order valence-corrected chi connectivity index (χ2v) is 6.70. The molecule has 0 aromatic heterocycles. The number of hydrogen-bond donors (Lipinski definition) is 1. The van der Waals surface area contributed by atoms with Gasteiger partial charge in [0.1, 0.15) is 11.5 Å². The highest BCUT2D eigenvalue weighted by molar-refractivity contribution is 6.30. The summed E-state index contributed by atoms with van der Waals surface area (Å²) in [7, 11) is 0. The van der Waals surface area contributed by atoms with E-state index >= 15 is 0 Å². The Bertz CT molecular complexity index is 728. The van der Waals surface area contributed by atoms with Crippen LogP contribution in [0.5, 0.6) is 11.5 Å². The second-order valence-electron chi connectivity index (χ2n) is 6.27. The first-order valence-electron chi connectivity index (χ1n) is 7.93. The van der Waals surface area contributed by atoms with E-state index in [-0.39, 0.29) is 11.9 Å². The maximum atomic E-state index is 12.7. The zero-order valence-corrected chi connectivity index (χ0v) is 14.5. The number of nitrogens with one attached hydrogen (secondary N) is 1. The van der Waals surface area contributed by atoms with Gasteiger partial charge in [-0.05, 0) is 44.2 Å². The van der Waals surface area contributed by atoms with Crippen LogP contribution in [-0.2, 0) is 4.79 Å². The van der Waals surface area contributed by atoms with Crippen LogP contribution < -0.4 is 14.8 Å². The van der Waals surface area contributed by atoms with Gasteiger partial charge in [-0.15, -0.1) is 0 Å². The maximum Gasteiger partial charge on any atom is 0.264 e. The molecule has 0 fully saturated rings. The number of benzene rings is 2. The summed E-state index contributed by atoms with van der Waals surface area (Å²) < 4.78 is 11.5. The van der Waals surface area contributed by atoms with Crippen molar-refractivity contribution in [2.24, 2.45) is 0 Å². The molecule has 0 aliphatic carbocycles. The van der Waals surface area contributed by atoms with Crippen LogP contribution in [0, 0.1) is 0 Å². The van der Waals surface area contributed by atoms with Crippen molar-refractivity contribution in [3.05, 3.63) is 59.1 Å². The monoisotopic (exact) mass is 345 g/mol. The molecule has 1 heterocycles. The summed E-state index contributed by atoms with van der Waals surface area (Å²) in [4.78, 5) is 12.7. The highest BCUT2D eigenvalue weighted by Crippen LogP contribution is 2.32. The lowest BCUT2D eigenvalue weighted by Crippen LogP contribution is -2.48. The van der Waals surface area contributed by atoms with Crippen LogP contribution >= 0.6 is 11.6 Å². The van der Waals surface area contributed by atoms with Gasteiger partial charge in [-0.3, -0.25) is 4.79 Å². The van der Waals surface area contributed by atoms with Crippen LogP contribution in [0.2, 0.25) is 5.02 Å². The molecule has 1 atom stereocenters. The van der Waals surface area contributed by atoms with Crippen molar-refractivity contribution in [3.63, 3.8) is 0 Å². The van der Waals surface area contributed by atoms with Gasteiger partial charge in [0.15, 0.2) is 5.60 Å². The van der Waals surface area contributed by atoms with E-state index in [2.05, 4.69) is 5.32 Å². The average Bonchev–Trinajstić information content (AvgIpc) is 2.57. The molecule has 126 valence electrons. The third kappa shape index (κ3) is 3.65. The molecule has 1 amide bonds. The molecule has 1 aliphatic rings. The van der Waals surface area contributed by atoms with Crippen molar-refractivity contribution < 1.29 is 14.3 Å². The molecule has 1 N–H and O–H groups in total. The van der Waals surface area contributed by atoms with E-state index < -0.39 is 5.60 Å². The standard InChI is InChI=1S/C19H20ClNO3/c1-19(2,24-14-9-7-13(20)8-10-14)18(22)21-16-11-12-23-17-6-4-3-5-15(16)17/h3-10,16H,11-12H2,1-2H3,(H,21,22)/t16-/m0/s1. The average molecular weight is 346 g/mol. The van der Waals surface area contributed by atoms with Gasteiger partial charge in [0, 0.05) is 17.0 Å². The van der Waals surface area contributed by atoms with Gasteiger partial charge >= 0.3 is 0 Å². The van der Waals surface area contributed by atoms with Crippen molar-refractivity contribution in [1.82, 2.24) is 5.32 Å². The van der Waals surface area contributed by atoms with Crippen molar-refractivity contribution in [2.75, 3.05) is 6.61 Å². The van der Waals surface area contributed by atoms with Crippen molar-refractivity contribution >= 4 is 17.5 Å². The topological polar surface area (TPSA) is 47.6 Å². The van der Waals surface area contributed by atoms with Crippen LogP contribution in [-0.4, -0.2) is 18.1 Å². The number of amides is 1. The van der Waals surface area contributed by atoms with Gasteiger partial charge in [0.05, 0.1) is 12.6 Å². The third-order valence-corrected chi connectivity index (χ3v) is 4.25. The molecule has 0 radical (unpaired) electrons. The number of halogens is 1. The lowest BCUT2D eigenvalue weighted by atomic mass is 9.99. The van der Waals surface area contributed by atoms with E-state index in [1.807, 2.05) is 24.3 Å². The number of rotatable bonds is 4. The van der Waals surface area contributed by atoms with Crippen LogP contribution in [0.4, 0.5) is 0 Å². The molecule has 0 unspecified atom stereocenters. The minimum Gasteiger partial charge on any atom is -0.493 e. The second kappa shape index (κ2) is 6.73. The molecule has 0 bridgehead atoms. The van der Waals surface area contributed by atoms with E-state index in [0.29, 0.717) is 17.4 Å². The van der Waals surface area contributed by atoms with Crippen LogP contribution in [0.3, 0.4) is 0 Å². The number of hydrogen-bond acceptors (Lipinski definition) is 3. The molecule has 3 rings (SSSR count). The first kappa shape index (κ1) is 16.7. The maximum absolute atomic E-state index is 12.7. The van der Waals surface area contributed by atoms with Gasteiger partial charge < -0.3 is 14.8 Å². The Kier molecular flexibility index (Phi) is 4.67. The highest BCUT2D eigenvalue weighted by atomic mass is 35.5. The molecule has 4 nitrogen and oxygen atoms in total. The van der Waals surface area contributed by atoms with E-state index in [1.54, 1.807) is 38.1 Å².